The Hall–Kier alpha value is -3.69. The Bertz CT molecular complexity index is 2340. The average Bonchev–Trinajstić information content (AvgIpc) is 3.62. The van der Waals surface area contributed by atoms with Crippen molar-refractivity contribution in [1.82, 2.24) is 9.97 Å². The molecule has 8 aromatic rings. The molecule has 0 atom stereocenters. The van der Waals surface area contributed by atoms with E-state index in [0.29, 0.717) is 0 Å². The van der Waals surface area contributed by atoms with E-state index in [0.717, 1.165) is 44.5 Å². The van der Waals surface area contributed by atoms with Gasteiger partial charge in [0, 0.05) is 0 Å². The number of benzene rings is 5. The van der Waals surface area contributed by atoms with E-state index in [4.69, 9.17) is 9.97 Å². The number of nitrogens with zero attached hydrogens (tertiary/aromatic N) is 2. The second kappa shape index (κ2) is 11.8. The maximum absolute atomic E-state index is 5.38. The number of para-hydroxylation sites is 1. The third-order valence-corrected chi connectivity index (χ3v) is 11.4. The Labute approximate surface area is 298 Å². The first-order valence-electron chi connectivity index (χ1n) is 15.9. The predicted octanol–water partition coefficient (Wildman–Crippen LogP) is 10.9. The van der Waals surface area contributed by atoms with Crippen molar-refractivity contribution in [2.75, 3.05) is 0 Å². The molecule has 4 heteroatoms. The van der Waals surface area contributed by atoms with Crippen LogP contribution < -0.4 is 4.98 Å². The van der Waals surface area contributed by atoms with Gasteiger partial charge in [-0.25, -0.2) is 0 Å². The van der Waals surface area contributed by atoms with Crippen LogP contribution in [0.15, 0.2) is 103 Å². The maximum atomic E-state index is 5.38. The number of hydrogen-bond acceptors (Lipinski definition) is 1. The molecular formula is C43H35AuN2Se. The molecule has 0 fully saturated rings. The summed E-state index contributed by atoms with van der Waals surface area (Å²) in [4.78, 5) is 10.5. The van der Waals surface area contributed by atoms with Crippen LogP contribution in [0.3, 0.4) is 0 Å². The average molecular weight is 856 g/mol. The topological polar surface area (TPSA) is 27.0 Å². The van der Waals surface area contributed by atoms with E-state index in [1.165, 1.54) is 41.4 Å². The molecule has 0 aliphatic heterocycles. The van der Waals surface area contributed by atoms with Gasteiger partial charge in [0.2, 0.25) is 0 Å². The second-order valence-corrected chi connectivity index (χ2v) is 16.6. The van der Waals surface area contributed by atoms with Crippen molar-refractivity contribution in [2.24, 2.45) is 0 Å². The number of fused-ring (bicyclic) bond motifs is 7. The van der Waals surface area contributed by atoms with E-state index in [-0.39, 0.29) is 47.7 Å². The van der Waals surface area contributed by atoms with Gasteiger partial charge in [-0.2, -0.15) is 0 Å². The van der Waals surface area contributed by atoms with Crippen molar-refractivity contribution in [1.29, 1.82) is 0 Å². The zero-order valence-electron chi connectivity index (χ0n) is 27.4. The minimum atomic E-state index is 0. The largest absolute Gasteiger partial charge is 3.00 e. The Morgan fingerprint density at radius 3 is 2.06 bits per heavy atom. The maximum Gasteiger partial charge on any atom is 3.00 e. The monoisotopic (exact) mass is 856 g/mol. The van der Waals surface area contributed by atoms with Crippen LogP contribution in [0.25, 0.3) is 74.7 Å². The number of hydrogen-bond donors (Lipinski definition) is 0. The van der Waals surface area contributed by atoms with Crippen molar-refractivity contribution < 1.29 is 22.4 Å². The fourth-order valence-corrected chi connectivity index (χ4v) is 8.56. The van der Waals surface area contributed by atoms with E-state index in [9.17, 15) is 0 Å². The van der Waals surface area contributed by atoms with Crippen molar-refractivity contribution in [3.63, 3.8) is 0 Å². The summed E-state index contributed by atoms with van der Waals surface area (Å²) < 4.78 is 2.67. The molecule has 0 saturated carbocycles. The van der Waals surface area contributed by atoms with Gasteiger partial charge in [-0.05, 0) is 0 Å². The molecule has 0 amide bonds. The van der Waals surface area contributed by atoms with Crippen LogP contribution in [0.4, 0.5) is 0 Å². The van der Waals surface area contributed by atoms with Gasteiger partial charge in [-0.3, -0.25) is 0 Å². The van der Waals surface area contributed by atoms with Crippen LogP contribution in [0, 0.1) is 12.1 Å². The van der Waals surface area contributed by atoms with Gasteiger partial charge in [-0.1, -0.05) is 41.5 Å². The second-order valence-electron chi connectivity index (χ2n) is 14.4. The standard InChI is InChI=1S/C43H35N2Se.Au/c1-42(2,3)31-15-11-26(12-16-31)28-23-29(27-13-17-32(18-14-27)43(4,5)6)25-30(24-28)35-20-22-38-41(44-35)39-37(46-38)21-19-34-33-9-7-8-10-36(33)45-40(34)39;/h7-13,15-24H,1-6H3;/q-3;+3. The molecule has 0 aliphatic rings. The van der Waals surface area contributed by atoms with Gasteiger partial charge in [-0.15, -0.1) is 0 Å². The Morgan fingerprint density at radius 1 is 0.638 bits per heavy atom. The SMILES string of the molecule is CC(C)(C)c1c[c-]c(-c2[c-]c(-c3ccc4[se]c5ccc6c7ccccc7[n-]c6c5c4n3)cc(-c3ccc(C(C)(C)C)cc3)c2)cc1.[Au+3]. The first-order chi connectivity index (χ1) is 22.0. The molecule has 0 N–H and O–H groups in total. The fourth-order valence-electron chi connectivity index (χ4n) is 6.36. The molecule has 0 spiro atoms. The number of pyridine rings is 1. The van der Waals surface area contributed by atoms with E-state index in [1.807, 2.05) is 0 Å². The number of aromatic nitrogens is 2. The van der Waals surface area contributed by atoms with Crippen molar-refractivity contribution in [3.05, 3.63) is 126 Å². The van der Waals surface area contributed by atoms with Crippen molar-refractivity contribution in [2.45, 2.75) is 52.4 Å². The molecule has 5 aromatic carbocycles. The molecular weight excluding hydrogens is 820 g/mol. The number of rotatable bonds is 3. The smallest absolute Gasteiger partial charge is 3.00 e. The van der Waals surface area contributed by atoms with Gasteiger partial charge in [0.25, 0.3) is 0 Å². The summed E-state index contributed by atoms with van der Waals surface area (Å²) in [5.41, 5.74) is 12.2. The first kappa shape index (κ1) is 31.9. The summed E-state index contributed by atoms with van der Waals surface area (Å²) in [5, 5.41) is 3.61. The van der Waals surface area contributed by atoms with E-state index in [2.05, 4.69) is 157 Å². The molecule has 3 aromatic heterocycles. The van der Waals surface area contributed by atoms with Crippen LogP contribution in [-0.2, 0) is 33.2 Å². The van der Waals surface area contributed by atoms with Gasteiger partial charge in [0.1, 0.15) is 0 Å². The normalized spacial score (nSPS) is 12.3. The van der Waals surface area contributed by atoms with Crippen LogP contribution >= 0.6 is 0 Å². The molecule has 234 valence electrons. The van der Waals surface area contributed by atoms with Crippen LogP contribution in [0.5, 0.6) is 0 Å². The molecule has 0 unspecified atom stereocenters. The fraction of sp³-hybridized carbons (Fsp3) is 0.186. The van der Waals surface area contributed by atoms with E-state index < -0.39 is 0 Å². The molecule has 2 nitrogen and oxygen atoms in total. The summed E-state index contributed by atoms with van der Waals surface area (Å²) in [6, 6.07) is 44.7. The minimum Gasteiger partial charge on any atom is 3.00 e. The summed E-state index contributed by atoms with van der Waals surface area (Å²) in [6.45, 7) is 13.5. The zero-order valence-corrected chi connectivity index (χ0v) is 31.3. The molecule has 0 aliphatic carbocycles. The van der Waals surface area contributed by atoms with Gasteiger partial charge in [0.05, 0.1) is 0 Å². The van der Waals surface area contributed by atoms with Crippen LogP contribution in [0.2, 0.25) is 0 Å². The summed E-state index contributed by atoms with van der Waals surface area (Å²) in [6.07, 6.45) is 0. The predicted molar refractivity (Wildman–Crippen MR) is 196 cm³/mol. The first-order valence-corrected chi connectivity index (χ1v) is 17.6. The van der Waals surface area contributed by atoms with Gasteiger partial charge in [0.15, 0.2) is 0 Å². The molecule has 0 bridgehead atoms. The van der Waals surface area contributed by atoms with Crippen molar-refractivity contribution in [3.8, 4) is 33.5 Å². The minimum absolute atomic E-state index is 0. The van der Waals surface area contributed by atoms with Crippen molar-refractivity contribution >= 4 is 55.7 Å². The third kappa shape index (κ3) is 5.75. The Balaban J connectivity index is 0.00000351. The molecule has 0 radical (unpaired) electrons. The molecule has 47 heavy (non-hydrogen) atoms. The molecule has 0 saturated heterocycles. The summed E-state index contributed by atoms with van der Waals surface area (Å²) in [7, 11) is 0. The molecule has 3 heterocycles. The van der Waals surface area contributed by atoms with Crippen LogP contribution in [0.1, 0.15) is 52.7 Å². The zero-order chi connectivity index (χ0) is 31.8. The Kier molecular flexibility index (Phi) is 7.99. The van der Waals surface area contributed by atoms with E-state index in [1.54, 1.807) is 0 Å². The van der Waals surface area contributed by atoms with Gasteiger partial charge < -0.3 is 0 Å². The Morgan fingerprint density at radius 2 is 1.34 bits per heavy atom. The molecule has 8 rings (SSSR count). The van der Waals surface area contributed by atoms with Gasteiger partial charge >= 0.3 is 259 Å². The summed E-state index contributed by atoms with van der Waals surface area (Å²) >= 11 is 0.199. The summed E-state index contributed by atoms with van der Waals surface area (Å²) in [5.74, 6) is 0. The van der Waals surface area contributed by atoms with E-state index >= 15 is 0 Å². The third-order valence-electron chi connectivity index (χ3n) is 9.08. The van der Waals surface area contributed by atoms with Crippen LogP contribution in [-0.4, -0.2) is 19.5 Å². The quantitative estimate of drug-likeness (QED) is 0.131.